The third kappa shape index (κ3) is 3.59. The molecule has 1 rings (SSSR count). The summed E-state index contributed by atoms with van der Waals surface area (Å²) in [6.45, 7) is 5.39. The zero-order valence-electron chi connectivity index (χ0n) is 10.4. The number of hydrogen-bond donors (Lipinski definition) is 1. The highest BCUT2D eigenvalue weighted by Crippen LogP contribution is 2.02. The SMILES string of the molecule is COCn1nccc1CN[C@@H](C)C(C)OC. The largest absolute Gasteiger partial charge is 0.380 e. The van der Waals surface area contributed by atoms with Gasteiger partial charge >= 0.3 is 0 Å². The maximum Gasteiger partial charge on any atom is 0.139 e. The van der Waals surface area contributed by atoms with E-state index in [1.807, 2.05) is 17.7 Å². The van der Waals surface area contributed by atoms with E-state index in [2.05, 4.69) is 17.3 Å². The van der Waals surface area contributed by atoms with Crippen molar-refractivity contribution in [1.82, 2.24) is 15.1 Å². The fraction of sp³-hybridized carbons (Fsp3) is 0.727. The highest BCUT2D eigenvalue weighted by Gasteiger charge is 2.11. The lowest BCUT2D eigenvalue weighted by molar-refractivity contribution is 0.0868. The van der Waals surface area contributed by atoms with E-state index in [9.17, 15) is 0 Å². The molecule has 0 saturated heterocycles. The number of methoxy groups -OCH3 is 2. The maximum atomic E-state index is 5.25. The summed E-state index contributed by atoms with van der Waals surface area (Å²) in [5, 5.41) is 7.56. The second-order valence-electron chi connectivity index (χ2n) is 3.85. The molecular weight excluding hydrogens is 206 g/mol. The molecule has 0 radical (unpaired) electrons. The summed E-state index contributed by atoms with van der Waals surface area (Å²) in [6, 6.07) is 2.28. The highest BCUT2D eigenvalue weighted by molar-refractivity contribution is 5.00. The minimum absolute atomic E-state index is 0.193. The zero-order chi connectivity index (χ0) is 12.0. The van der Waals surface area contributed by atoms with Crippen LogP contribution < -0.4 is 5.32 Å². The molecule has 0 saturated carbocycles. The van der Waals surface area contributed by atoms with E-state index in [1.165, 1.54) is 0 Å². The van der Waals surface area contributed by atoms with Crippen LogP contribution in [0.3, 0.4) is 0 Å². The number of rotatable bonds is 7. The van der Waals surface area contributed by atoms with Gasteiger partial charge in [-0.1, -0.05) is 0 Å². The average Bonchev–Trinajstić information content (AvgIpc) is 2.73. The van der Waals surface area contributed by atoms with Crippen molar-refractivity contribution in [2.45, 2.75) is 39.3 Å². The first kappa shape index (κ1) is 13.2. The molecule has 0 fully saturated rings. The van der Waals surface area contributed by atoms with Crippen molar-refractivity contribution >= 4 is 0 Å². The fourth-order valence-electron chi connectivity index (χ4n) is 1.38. The Balaban J connectivity index is 2.44. The van der Waals surface area contributed by atoms with Gasteiger partial charge in [0.05, 0.1) is 11.8 Å². The van der Waals surface area contributed by atoms with Crippen LogP contribution in [0, 0.1) is 0 Å². The van der Waals surface area contributed by atoms with Crippen LogP contribution in [0.1, 0.15) is 19.5 Å². The van der Waals surface area contributed by atoms with Crippen LogP contribution in [0.25, 0.3) is 0 Å². The Morgan fingerprint density at radius 3 is 2.81 bits per heavy atom. The van der Waals surface area contributed by atoms with Crippen LogP contribution >= 0.6 is 0 Å². The summed E-state index contributed by atoms with van der Waals surface area (Å²) in [4.78, 5) is 0. The van der Waals surface area contributed by atoms with Gasteiger partial charge in [0.15, 0.2) is 0 Å². The van der Waals surface area contributed by atoms with E-state index in [4.69, 9.17) is 9.47 Å². The number of hydrogen-bond acceptors (Lipinski definition) is 4. The Labute approximate surface area is 96.7 Å². The van der Waals surface area contributed by atoms with Crippen molar-refractivity contribution in [2.24, 2.45) is 0 Å². The zero-order valence-corrected chi connectivity index (χ0v) is 10.4. The van der Waals surface area contributed by atoms with Crippen molar-refractivity contribution in [1.29, 1.82) is 0 Å². The lowest BCUT2D eigenvalue weighted by Crippen LogP contribution is -2.36. The Morgan fingerprint density at radius 1 is 1.44 bits per heavy atom. The molecule has 1 aromatic rings. The minimum atomic E-state index is 0.193. The Hall–Kier alpha value is -0.910. The van der Waals surface area contributed by atoms with Gasteiger partial charge < -0.3 is 14.8 Å². The molecule has 2 atom stereocenters. The molecule has 5 heteroatoms. The average molecular weight is 227 g/mol. The molecule has 1 N–H and O–H groups in total. The normalized spacial score (nSPS) is 15.0. The maximum absolute atomic E-state index is 5.25. The summed E-state index contributed by atoms with van der Waals surface area (Å²) < 4.78 is 12.1. The number of ether oxygens (including phenoxy) is 2. The first-order valence-electron chi connectivity index (χ1n) is 5.44. The van der Waals surface area contributed by atoms with Gasteiger partial charge in [-0.2, -0.15) is 5.10 Å². The molecule has 0 bridgehead atoms. The Morgan fingerprint density at radius 2 is 2.19 bits per heavy atom. The standard InChI is InChI=1S/C11H21N3O2/c1-9(10(2)16-4)12-7-11-5-6-13-14(11)8-15-3/h5-6,9-10,12H,7-8H2,1-4H3/t9-,10?/m0/s1. The van der Waals surface area contributed by atoms with E-state index >= 15 is 0 Å². The molecule has 5 nitrogen and oxygen atoms in total. The lowest BCUT2D eigenvalue weighted by atomic mass is 10.2. The predicted octanol–water partition coefficient (Wildman–Crippen LogP) is 1.00. The third-order valence-corrected chi connectivity index (χ3v) is 2.74. The number of nitrogens with one attached hydrogen (secondary N) is 1. The van der Waals surface area contributed by atoms with E-state index in [0.717, 1.165) is 12.2 Å². The van der Waals surface area contributed by atoms with Gasteiger partial charge in [0, 0.05) is 33.0 Å². The topological polar surface area (TPSA) is 48.3 Å². The van der Waals surface area contributed by atoms with Crippen molar-refractivity contribution in [3.63, 3.8) is 0 Å². The second kappa shape index (κ2) is 6.62. The van der Waals surface area contributed by atoms with Crippen molar-refractivity contribution in [3.8, 4) is 0 Å². The van der Waals surface area contributed by atoms with Gasteiger partial charge in [-0.15, -0.1) is 0 Å². The Kier molecular flexibility index (Phi) is 5.45. The fourth-order valence-corrected chi connectivity index (χ4v) is 1.38. The minimum Gasteiger partial charge on any atom is -0.380 e. The second-order valence-corrected chi connectivity index (χ2v) is 3.85. The summed E-state index contributed by atoms with van der Waals surface area (Å²) in [7, 11) is 3.38. The first-order chi connectivity index (χ1) is 7.69. The smallest absolute Gasteiger partial charge is 0.139 e. The van der Waals surface area contributed by atoms with Crippen molar-refractivity contribution < 1.29 is 9.47 Å². The Bertz CT molecular complexity index is 301. The van der Waals surface area contributed by atoms with Gasteiger partial charge in [-0.05, 0) is 19.9 Å². The van der Waals surface area contributed by atoms with E-state index in [0.29, 0.717) is 12.8 Å². The van der Waals surface area contributed by atoms with E-state index in [-0.39, 0.29) is 6.10 Å². The predicted molar refractivity (Wildman–Crippen MR) is 62.0 cm³/mol. The van der Waals surface area contributed by atoms with Gasteiger partial charge in [-0.25, -0.2) is 4.68 Å². The molecule has 1 heterocycles. The van der Waals surface area contributed by atoms with E-state index < -0.39 is 0 Å². The van der Waals surface area contributed by atoms with Gasteiger partial charge in [-0.3, -0.25) is 0 Å². The van der Waals surface area contributed by atoms with Crippen molar-refractivity contribution in [2.75, 3.05) is 14.2 Å². The molecule has 1 aromatic heterocycles. The summed E-state index contributed by atoms with van der Waals surface area (Å²) in [6.07, 6.45) is 1.97. The molecule has 0 aliphatic heterocycles. The van der Waals surface area contributed by atoms with E-state index in [1.54, 1.807) is 20.4 Å². The van der Waals surface area contributed by atoms with Gasteiger partial charge in [0.2, 0.25) is 0 Å². The lowest BCUT2D eigenvalue weighted by Gasteiger charge is -2.20. The molecule has 0 spiro atoms. The quantitative estimate of drug-likeness (QED) is 0.755. The summed E-state index contributed by atoms with van der Waals surface area (Å²) in [5.74, 6) is 0. The van der Waals surface area contributed by atoms with Crippen LogP contribution in [0.2, 0.25) is 0 Å². The van der Waals surface area contributed by atoms with Crippen LogP contribution in [0.15, 0.2) is 12.3 Å². The molecule has 16 heavy (non-hydrogen) atoms. The molecule has 1 unspecified atom stereocenters. The molecule has 0 aromatic carbocycles. The van der Waals surface area contributed by atoms with Crippen LogP contribution in [0.4, 0.5) is 0 Å². The van der Waals surface area contributed by atoms with Gasteiger partial charge in [0.25, 0.3) is 0 Å². The number of nitrogens with zero attached hydrogens (tertiary/aromatic N) is 2. The molecule has 0 aliphatic carbocycles. The van der Waals surface area contributed by atoms with Crippen LogP contribution in [0.5, 0.6) is 0 Å². The third-order valence-electron chi connectivity index (χ3n) is 2.74. The molecule has 92 valence electrons. The monoisotopic (exact) mass is 227 g/mol. The molecule has 0 aliphatic rings. The summed E-state index contributed by atoms with van der Waals surface area (Å²) in [5.41, 5.74) is 1.11. The molecule has 0 amide bonds. The van der Waals surface area contributed by atoms with Crippen LogP contribution in [-0.2, 0) is 22.7 Å². The molecular formula is C11H21N3O2. The first-order valence-corrected chi connectivity index (χ1v) is 5.44. The van der Waals surface area contributed by atoms with Crippen LogP contribution in [-0.4, -0.2) is 36.1 Å². The van der Waals surface area contributed by atoms with Gasteiger partial charge in [0.1, 0.15) is 6.73 Å². The van der Waals surface area contributed by atoms with Crippen molar-refractivity contribution in [3.05, 3.63) is 18.0 Å². The summed E-state index contributed by atoms with van der Waals surface area (Å²) >= 11 is 0. The number of aromatic nitrogens is 2. The highest BCUT2D eigenvalue weighted by atomic mass is 16.5.